The highest BCUT2D eigenvalue weighted by molar-refractivity contribution is 5.78. The van der Waals surface area contributed by atoms with E-state index in [1.54, 1.807) is 25.4 Å². The summed E-state index contributed by atoms with van der Waals surface area (Å²) in [6.07, 6.45) is 3.12. The highest BCUT2D eigenvalue weighted by Gasteiger charge is 2.03. The largest absolute Gasteiger partial charge is 0.392 e. The average Bonchev–Trinajstić information content (AvgIpc) is 2.16. The molecule has 0 aliphatic rings. The Kier molecular flexibility index (Phi) is 4.07. The zero-order chi connectivity index (χ0) is 10.4. The predicted octanol–water partition coefficient (Wildman–Crippen LogP) is 0.121. The molecule has 0 saturated carbocycles. The zero-order valence-corrected chi connectivity index (χ0v) is 8.10. The lowest BCUT2D eigenvalue weighted by Gasteiger charge is -2.06. The first-order valence-electron chi connectivity index (χ1n) is 4.52. The van der Waals surface area contributed by atoms with Gasteiger partial charge in [0.05, 0.1) is 12.5 Å². The monoisotopic (exact) mass is 194 g/mol. The van der Waals surface area contributed by atoms with E-state index in [1.807, 2.05) is 6.07 Å². The molecule has 2 N–H and O–H groups in total. The van der Waals surface area contributed by atoms with E-state index in [4.69, 9.17) is 5.11 Å². The lowest BCUT2D eigenvalue weighted by Crippen LogP contribution is -2.31. The van der Waals surface area contributed by atoms with E-state index in [-0.39, 0.29) is 5.91 Å². The number of pyridine rings is 1. The van der Waals surface area contributed by atoms with Gasteiger partial charge in [0.25, 0.3) is 0 Å². The molecule has 1 amide bonds. The van der Waals surface area contributed by atoms with Gasteiger partial charge in [-0.3, -0.25) is 9.78 Å². The maximum Gasteiger partial charge on any atom is 0.224 e. The topological polar surface area (TPSA) is 62.2 Å². The molecule has 1 rings (SSSR count). The Balaban J connectivity index is 2.35. The molecule has 4 nitrogen and oxygen atoms in total. The summed E-state index contributed by atoms with van der Waals surface area (Å²) in [4.78, 5) is 15.2. The van der Waals surface area contributed by atoms with Crippen LogP contribution in [0.3, 0.4) is 0 Å². The van der Waals surface area contributed by atoms with Crippen molar-refractivity contribution in [2.24, 2.45) is 0 Å². The van der Waals surface area contributed by atoms with Crippen molar-refractivity contribution >= 4 is 5.91 Å². The zero-order valence-electron chi connectivity index (χ0n) is 8.10. The first-order valence-corrected chi connectivity index (χ1v) is 4.52. The third-order valence-electron chi connectivity index (χ3n) is 1.68. The van der Waals surface area contributed by atoms with Crippen molar-refractivity contribution in [3.8, 4) is 0 Å². The third-order valence-corrected chi connectivity index (χ3v) is 1.68. The van der Waals surface area contributed by atoms with E-state index in [9.17, 15) is 4.79 Å². The summed E-state index contributed by atoms with van der Waals surface area (Å²) in [5.74, 6) is -0.0982. The van der Waals surface area contributed by atoms with Gasteiger partial charge in [0.2, 0.25) is 5.91 Å². The Labute approximate surface area is 83.0 Å². The number of aromatic nitrogens is 1. The number of hydrogen-bond acceptors (Lipinski definition) is 3. The molecular weight excluding hydrogens is 180 g/mol. The van der Waals surface area contributed by atoms with Crippen LogP contribution in [0.4, 0.5) is 0 Å². The SMILES string of the molecule is C[C@@H](O)CNC(=O)Cc1cccnc1. The molecule has 1 atom stereocenters. The third kappa shape index (κ3) is 4.00. The Morgan fingerprint density at radius 1 is 1.71 bits per heavy atom. The van der Waals surface area contributed by atoms with Gasteiger partial charge in [0, 0.05) is 18.9 Å². The molecule has 0 unspecified atom stereocenters. The van der Waals surface area contributed by atoms with Crippen molar-refractivity contribution in [1.82, 2.24) is 10.3 Å². The molecule has 0 aliphatic heterocycles. The second-order valence-electron chi connectivity index (χ2n) is 3.19. The average molecular weight is 194 g/mol. The van der Waals surface area contributed by atoms with Crippen LogP contribution in [0.1, 0.15) is 12.5 Å². The smallest absolute Gasteiger partial charge is 0.224 e. The van der Waals surface area contributed by atoms with E-state index in [0.717, 1.165) is 5.56 Å². The molecule has 1 heterocycles. The van der Waals surface area contributed by atoms with E-state index >= 15 is 0 Å². The van der Waals surface area contributed by atoms with Gasteiger partial charge in [-0.05, 0) is 18.6 Å². The number of aliphatic hydroxyl groups excluding tert-OH is 1. The molecule has 0 aliphatic carbocycles. The van der Waals surface area contributed by atoms with Gasteiger partial charge < -0.3 is 10.4 Å². The van der Waals surface area contributed by atoms with Gasteiger partial charge in [0.1, 0.15) is 0 Å². The van der Waals surface area contributed by atoms with Crippen LogP contribution in [0.5, 0.6) is 0 Å². The lowest BCUT2D eigenvalue weighted by atomic mass is 10.2. The molecule has 1 aromatic heterocycles. The van der Waals surface area contributed by atoms with E-state index < -0.39 is 6.10 Å². The molecule has 0 bridgehead atoms. The van der Waals surface area contributed by atoms with Crippen LogP contribution < -0.4 is 5.32 Å². The summed E-state index contributed by atoms with van der Waals surface area (Å²) in [7, 11) is 0. The maximum absolute atomic E-state index is 11.3. The van der Waals surface area contributed by atoms with Crippen LogP contribution in [0.25, 0.3) is 0 Å². The van der Waals surface area contributed by atoms with Crippen LogP contribution in [-0.2, 0) is 11.2 Å². The van der Waals surface area contributed by atoms with E-state index in [0.29, 0.717) is 13.0 Å². The van der Waals surface area contributed by atoms with Gasteiger partial charge in [-0.15, -0.1) is 0 Å². The summed E-state index contributed by atoms with van der Waals surface area (Å²) in [6.45, 7) is 1.92. The molecular formula is C10H14N2O2. The predicted molar refractivity (Wildman–Crippen MR) is 52.6 cm³/mol. The van der Waals surface area contributed by atoms with Gasteiger partial charge in [0.15, 0.2) is 0 Å². The molecule has 4 heteroatoms. The number of nitrogens with one attached hydrogen (secondary N) is 1. The van der Waals surface area contributed by atoms with Gasteiger partial charge in [-0.25, -0.2) is 0 Å². The summed E-state index contributed by atoms with van der Waals surface area (Å²) >= 11 is 0. The minimum Gasteiger partial charge on any atom is -0.392 e. The van der Waals surface area contributed by atoms with E-state index in [1.165, 1.54) is 0 Å². The Morgan fingerprint density at radius 2 is 2.50 bits per heavy atom. The highest BCUT2D eigenvalue weighted by Crippen LogP contribution is 1.96. The summed E-state index contributed by atoms with van der Waals surface area (Å²) in [5.41, 5.74) is 0.871. The molecule has 0 aromatic carbocycles. The van der Waals surface area contributed by atoms with E-state index in [2.05, 4.69) is 10.3 Å². The first-order chi connectivity index (χ1) is 6.68. The van der Waals surface area contributed by atoms with Gasteiger partial charge in [-0.1, -0.05) is 6.07 Å². The van der Waals surface area contributed by atoms with Crippen molar-refractivity contribution in [3.63, 3.8) is 0 Å². The van der Waals surface area contributed by atoms with Crippen LogP contribution in [-0.4, -0.2) is 28.6 Å². The second-order valence-corrected chi connectivity index (χ2v) is 3.19. The standard InChI is InChI=1S/C10H14N2O2/c1-8(13)6-12-10(14)5-9-3-2-4-11-7-9/h2-4,7-8,13H,5-6H2,1H3,(H,12,14)/t8-/m1/s1. The fourth-order valence-electron chi connectivity index (χ4n) is 1.01. The molecule has 14 heavy (non-hydrogen) atoms. The summed E-state index contributed by atoms with van der Waals surface area (Å²) < 4.78 is 0. The number of hydrogen-bond donors (Lipinski definition) is 2. The minimum atomic E-state index is -0.507. The van der Waals surface area contributed by atoms with Gasteiger partial charge in [-0.2, -0.15) is 0 Å². The quantitative estimate of drug-likeness (QED) is 0.715. The fourth-order valence-corrected chi connectivity index (χ4v) is 1.01. The second kappa shape index (κ2) is 5.34. The van der Waals surface area contributed by atoms with Crippen LogP contribution >= 0.6 is 0 Å². The minimum absolute atomic E-state index is 0.0982. The molecule has 0 saturated heterocycles. The van der Waals surface area contributed by atoms with Crippen LogP contribution in [0.2, 0.25) is 0 Å². The fraction of sp³-hybridized carbons (Fsp3) is 0.400. The Morgan fingerprint density at radius 3 is 3.07 bits per heavy atom. The lowest BCUT2D eigenvalue weighted by molar-refractivity contribution is -0.120. The van der Waals surface area contributed by atoms with Crippen molar-refractivity contribution in [3.05, 3.63) is 30.1 Å². The molecule has 76 valence electrons. The van der Waals surface area contributed by atoms with Crippen molar-refractivity contribution in [1.29, 1.82) is 0 Å². The molecule has 1 aromatic rings. The number of amides is 1. The number of carbonyl (C=O) groups excluding carboxylic acids is 1. The Hall–Kier alpha value is -1.42. The normalized spacial score (nSPS) is 12.1. The molecule has 0 radical (unpaired) electrons. The van der Waals surface area contributed by atoms with Crippen LogP contribution in [0, 0.1) is 0 Å². The number of rotatable bonds is 4. The number of carbonyl (C=O) groups is 1. The van der Waals surface area contributed by atoms with Crippen LogP contribution in [0.15, 0.2) is 24.5 Å². The molecule has 0 spiro atoms. The summed E-state index contributed by atoms with van der Waals surface area (Å²) in [6, 6.07) is 3.63. The number of aliphatic hydroxyl groups is 1. The highest BCUT2D eigenvalue weighted by atomic mass is 16.3. The van der Waals surface area contributed by atoms with Crippen molar-refractivity contribution in [2.45, 2.75) is 19.4 Å². The maximum atomic E-state index is 11.3. The Bertz CT molecular complexity index is 285. The first kappa shape index (κ1) is 10.7. The number of nitrogens with zero attached hydrogens (tertiary/aromatic N) is 1. The molecule has 0 fully saturated rings. The van der Waals surface area contributed by atoms with Crippen molar-refractivity contribution < 1.29 is 9.90 Å². The van der Waals surface area contributed by atoms with Crippen molar-refractivity contribution in [2.75, 3.05) is 6.54 Å². The summed E-state index contributed by atoms with van der Waals surface area (Å²) in [5, 5.41) is 11.6. The van der Waals surface area contributed by atoms with Gasteiger partial charge >= 0.3 is 0 Å².